The summed E-state index contributed by atoms with van der Waals surface area (Å²) in [6, 6.07) is -0.669. The van der Waals surface area contributed by atoms with E-state index in [-0.39, 0.29) is 5.91 Å². The van der Waals surface area contributed by atoms with Gasteiger partial charge in [0, 0.05) is 13.5 Å². The number of carbonyl (C=O) groups excluding carboxylic acids is 1. The number of unbranched alkanes of at least 4 members (excludes halogenated alkanes) is 11. The summed E-state index contributed by atoms with van der Waals surface area (Å²) < 4.78 is 0. The largest absolute Gasteiger partial charge is 0.480 e. The maximum atomic E-state index is 11.5. The highest BCUT2D eigenvalue weighted by atomic mass is 16.4. The van der Waals surface area contributed by atoms with Crippen molar-refractivity contribution in [1.82, 2.24) is 4.90 Å². The van der Waals surface area contributed by atoms with E-state index in [1.165, 1.54) is 69.6 Å². The van der Waals surface area contributed by atoms with Crippen LogP contribution in [0.5, 0.6) is 0 Å². The van der Waals surface area contributed by atoms with Gasteiger partial charge in [-0.1, -0.05) is 76.9 Å². The maximum Gasteiger partial charge on any atom is 0.326 e. The lowest BCUT2D eigenvalue weighted by Crippen LogP contribution is -2.43. The third-order valence-corrected chi connectivity index (χ3v) is 5.15. The number of carboxylic acid groups (broad SMARTS) is 1. The first-order valence-corrected chi connectivity index (χ1v) is 11.2. The molecule has 0 heterocycles. The van der Waals surface area contributed by atoms with E-state index in [0.29, 0.717) is 13.0 Å². The highest BCUT2D eigenvalue weighted by molar-refractivity contribution is 5.82. The van der Waals surface area contributed by atoms with Crippen molar-refractivity contribution >= 4 is 11.9 Å². The fourth-order valence-electron chi connectivity index (χ4n) is 3.48. The van der Waals surface area contributed by atoms with E-state index in [4.69, 9.17) is 0 Å². The molecule has 1 N–H and O–H groups in total. The van der Waals surface area contributed by atoms with Crippen LogP contribution in [0.3, 0.4) is 0 Å². The molecule has 0 aliphatic carbocycles. The summed E-state index contributed by atoms with van der Waals surface area (Å²) in [5.74, 6) is -1.04. The number of rotatable bonds is 18. The molecular weight excluding hydrogens is 338 g/mol. The van der Waals surface area contributed by atoms with Gasteiger partial charge in [-0.2, -0.15) is 0 Å². The molecule has 0 aromatic rings. The lowest BCUT2D eigenvalue weighted by Gasteiger charge is -2.26. The highest BCUT2D eigenvalue weighted by Gasteiger charge is 2.25. The van der Waals surface area contributed by atoms with Crippen LogP contribution in [0.1, 0.15) is 111 Å². The van der Waals surface area contributed by atoms with Crippen LogP contribution in [0, 0.1) is 0 Å². The Morgan fingerprint density at radius 1 is 0.815 bits per heavy atom. The second-order valence-electron chi connectivity index (χ2n) is 7.53. The summed E-state index contributed by atoms with van der Waals surface area (Å²) in [5.41, 5.74) is 0. The summed E-state index contributed by atoms with van der Waals surface area (Å²) >= 11 is 0. The Balaban J connectivity index is 3.61. The summed E-state index contributed by atoms with van der Waals surface area (Å²) in [4.78, 5) is 24.4. The van der Waals surface area contributed by atoms with Crippen LogP contribution in [0.25, 0.3) is 0 Å². The molecule has 0 aromatic heterocycles. The molecule has 1 unspecified atom stereocenters. The molecule has 1 atom stereocenters. The van der Waals surface area contributed by atoms with E-state index < -0.39 is 12.0 Å². The molecule has 0 saturated carbocycles. The summed E-state index contributed by atoms with van der Waals surface area (Å²) in [6.45, 7) is 5.98. The average molecular weight is 382 g/mol. The lowest BCUT2D eigenvalue weighted by atomic mass is 10.0. The normalized spacial score (nSPS) is 12.4. The van der Waals surface area contributed by atoms with Crippen LogP contribution >= 0.6 is 0 Å². The van der Waals surface area contributed by atoms with Crippen LogP contribution in [-0.2, 0) is 9.59 Å². The quantitative estimate of drug-likeness (QED) is 0.222. The monoisotopic (exact) mass is 381 g/mol. The molecular formula is C23H43NO3. The third-order valence-electron chi connectivity index (χ3n) is 5.15. The maximum absolute atomic E-state index is 11.5. The van der Waals surface area contributed by atoms with Gasteiger partial charge >= 0.3 is 5.97 Å². The van der Waals surface area contributed by atoms with E-state index in [1.807, 2.05) is 6.92 Å². The second-order valence-corrected chi connectivity index (χ2v) is 7.53. The van der Waals surface area contributed by atoms with Gasteiger partial charge in [-0.3, -0.25) is 4.79 Å². The van der Waals surface area contributed by atoms with Crippen molar-refractivity contribution in [2.24, 2.45) is 0 Å². The van der Waals surface area contributed by atoms with Crippen molar-refractivity contribution in [3.63, 3.8) is 0 Å². The van der Waals surface area contributed by atoms with Gasteiger partial charge in [0.05, 0.1) is 0 Å². The third kappa shape index (κ3) is 14.4. The van der Waals surface area contributed by atoms with Crippen LogP contribution < -0.4 is 0 Å². The van der Waals surface area contributed by atoms with Gasteiger partial charge in [0.2, 0.25) is 5.91 Å². The van der Waals surface area contributed by atoms with Gasteiger partial charge in [0.25, 0.3) is 0 Å². The van der Waals surface area contributed by atoms with Crippen molar-refractivity contribution in [2.75, 3.05) is 6.54 Å². The van der Waals surface area contributed by atoms with E-state index >= 15 is 0 Å². The van der Waals surface area contributed by atoms with Crippen molar-refractivity contribution in [1.29, 1.82) is 0 Å². The van der Waals surface area contributed by atoms with Crippen LogP contribution in [0.15, 0.2) is 12.2 Å². The summed E-state index contributed by atoms with van der Waals surface area (Å²) in [5, 5.41) is 9.34. The minimum atomic E-state index is -0.887. The number of likely N-dealkylation sites (N-methyl/N-ethyl adjacent to an activating group) is 1. The Morgan fingerprint density at radius 3 is 1.74 bits per heavy atom. The number of nitrogens with zero attached hydrogens (tertiary/aromatic N) is 1. The zero-order chi connectivity index (χ0) is 20.3. The molecule has 4 nitrogen and oxygen atoms in total. The molecule has 0 radical (unpaired) electrons. The molecule has 0 spiro atoms. The van der Waals surface area contributed by atoms with Crippen molar-refractivity contribution in [3.8, 4) is 0 Å². The molecule has 4 heteroatoms. The molecule has 0 bridgehead atoms. The minimum Gasteiger partial charge on any atom is -0.480 e. The molecule has 0 aliphatic heterocycles. The van der Waals surface area contributed by atoms with Crippen LogP contribution in [0.4, 0.5) is 0 Å². The van der Waals surface area contributed by atoms with Crippen LogP contribution in [-0.4, -0.2) is 34.5 Å². The fourth-order valence-corrected chi connectivity index (χ4v) is 3.48. The van der Waals surface area contributed by atoms with Crippen molar-refractivity contribution in [2.45, 2.75) is 117 Å². The van der Waals surface area contributed by atoms with Gasteiger partial charge in [0.1, 0.15) is 6.04 Å². The number of carbonyl (C=O) groups is 2. The highest BCUT2D eigenvalue weighted by Crippen LogP contribution is 2.14. The molecule has 0 aliphatic rings. The first kappa shape index (κ1) is 25.7. The Bertz CT molecular complexity index is 406. The molecule has 0 saturated heterocycles. The first-order valence-electron chi connectivity index (χ1n) is 11.2. The standard InChI is InChI=1S/C23H43NO3/c1-4-6-7-8-9-10-11-12-13-14-15-16-17-18-19-20-22(23(26)27)24(5-2)21(3)25/h12-13,22H,4-11,14-20H2,1-3H3,(H,26,27)/b13-12-. The SMILES string of the molecule is CCCCCCCC/C=C\CCCCCCCC(C(=O)O)N(CC)C(C)=O. The summed E-state index contributed by atoms with van der Waals surface area (Å²) in [7, 11) is 0. The Morgan fingerprint density at radius 2 is 1.30 bits per heavy atom. The number of hydrogen-bond acceptors (Lipinski definition) is 2. The van der Waals surface area contributed by atoms with Crippen LogP contribution in [0.2, 0.25) is 0 Å². The van der Waals surface area contributed by atoms with Gasteiger partial charge in [-0.05, 0) is 39.0 Å². The average Bonchev–Trinajstić information content (AvgIpc) is 2.63. The Kier molecular flexibility index (Phi) is 17.2. The molecule has 0 fully saturated rings. The zero-order valence-corrected chi connectivity index (χ0v) is 18.0. The minimum absolute atomic E-state index is 0.155. The smallest absolute Gasteiger partial charge is 0.326 e. The zero-order valence-electron chi connectivity index (χ0n) is 18.0. The number of allylic oxidation sites excluding steroid dienone is 2. The Labute approximate surface area is 167 Å². The molecule has 0 aromatic carbocycles. The number of carboxylic acids is 1. The van der Waals surface area contributed by atoms with Gasteiger partial charge in [-0.25, -0.2) is 4.79 Å². The van der Waals surface area contributed by atoms with Gasteiger partial charge in [0.15, 0.2) is 0 Å². The first-order chi connectivity index (χ1) is 13.0. The van der Waals surface area contributed by atoms with E-state index in [1.54, 1.807) is 0 Å². The van der Waals surface area contributed by atoms with Crippen molar-refractivity contribution < 1.29 is 14.7 Å². The number of aliphatic carboxylic acids is 1. The Hall–Kier alpha value is -1.32. The van der Waals surface area contributed by atoms with Crippen molar-refractivity contribution in [3.05, 3.63) is 12.2 Å². The van der Waals surface area contributed by atoms with E-state index in [9.17, 15) is 14.7 Å². The topological polar surface area (TPSA) is 57.6 Å². The second kappa shape index (κ2) is 18.1. The molecule has 0 rings (SSSR count). The number of hydrogen-bond donors (Lipinski definition) is 1. The predicted octanol–water partition coefficient (Wildman–Crippen LogP) is 6.35. The molecule has 158 valence electrons. The van der Waals surface area contributed by atoms with E-state index in [0.717, 1.165) is 25.7 Å². The van der Waals surface area contributed by atoms with E-state index in [2.05, 4.69) is 19.1 Å². The van der Waals surface area contributed by atoms with Gasteiger partial charge in [-0.15, -0.1) is 0 Å². The van der Waals surface area contributed by atoms with Gasteiger partial charge < -0.3 is 10.0 Å². The lowest BCUT2D eigenvalue weighted by molar-refractivity contribution is -0.149. The fraction of sp³-hybridized carbons (Fsp3) is 0.826. The molecule has 27 heavy (non-hydrogen) atoms. The predicted molar refractivity (Wildman–Crippen MR) is 114 cm³/mol. The number of amides is 1. The molecule has 1 amide bonds. The summed E-state index contributed by atoms with van der Waals surface area (Å²) in [6.07, 6.45) is 21.2.